The molecule has 0 saturated heterocycles. The van der Waals surface area contributed by atoms with E-state index in [9.17, 15) is 19.8 Å². The molecule has 2 aromatic rings. The Balaban J connectivity index is 0.00000144. The summed E-state index contributed by atoms with van der Waals surface area (Å²) < 4.78 is 0. The fourth-order valence-corrected chi connectivity index (χ4v) is 1.58. The van der Waals surface area contributed by atoms with Crippen LogP contribution >= 0.6 is 0 Å². The predicted molar refractivity (Wildman–Crippen MR) is 52.6 cm³/mol. The Kier molecular flexibility index (Phi) is 6.25. The molecule has 0 amide bonds. The van der Waals surface area contributed by atoms with E-state index >= 15 is 0 Å². The van der Waals surface area contributed by atoms with Gasteiger partial charge in [-0.25, -0.2) is 0 Å². The molecule has 0 aliphatic heterocycles. The third-order valence-corrected chi connectivity index (χ3v) is 2.33. The average molecular weight is 228 g/mol. The molecular weight excluding hydrogens is 222 g/mol. The first-order valence-electron chi connectivity index (χ1n) is 4.55. The number of carboxylic acids is 2. The minimum atomic E-state index is -1.52. The van der Waals surface area contributed by atoms with Gasteiger partial charge in [0.05, 0.1) is 11.9 Å². The van der Waals surface area contributed by atoms with Crippen molar-refractivity contribution in [1.29, 1.82) is 0 Å². The van der Waals surface area contributed by atoms with Crippen molar-refractivity contribution < 1.29 is 57.5 Å². The van der Waals surface area contributed by atoms with Gasteiger partial charge in [-0.15, -0.1) is 0 Å². The zero-order valence-electron chi connectivity index (χ0n) is 10.1. The number of carboxylic acid groups (broad SMARTS) is 2. The van der Waals surface area contributed by atoms with Gasteiger partial charge in [0.15, 0.2) is 0 Å². The van der Waals surface area contributed by atoms with Crippen LogP contribution in [0, 0.1) is 0 Å². The number of fused-ring (bicyclic) bond motifs is 1. The normalized spacial score (nSPS) is 9.11. The maximum atomic E-state index is 10.8. The molecule has 0 aromatic heterocycles. The van der Waals surface area contributed by atoms with Gasteiger partial charge < -0.3 is 19.8 Å². The van der Waals surface area contributed by atoms with Crippen LogP contribution in [0.25, 0.3) is 10.8 Å². The molecule has 0 unspecified atom stereocenters. The Bertz CT molecular complexity index is 543. The zero-order valence-corrected chi connectivity index (χ0v) is 10.1. The third-order valence-electron chi connectivity index (χ3n) is 2.33. The van der Waals surface area contributed by atoms with E-state index in [2.05, 4.69) is 0 Å². The maximum absolute atomic E-state index is 10.8. The van der Waals surface area contributed by atoms with Crippen molar-refractivity contribution >= 4 is 22.7 Å². The SMILES string of the molecule is O=C([O-])c1cc2ccccc2cc1C(=O)[O-].[Li+].[Li+]. The van der Waals surface area contributed by atoms with E-state index in [1.807, 2.05) is 0 Å². The predicted octanol–water partition coefficient (Wildman–Crippen LogP) is -6.43. The molecule has 0 atom stereocenters. The molecule has 0 fully saturated rings. The van der Waals surface area contributed by atoms with Crippen LogP contribution < -0.4 is 47.9 Å². The van der Waals surface area contributed by atoms with Crippen LogP contribution in [0.2, 0.25) is 0 Å². The van der Waals surface area contributed by atoms with Crippen molar-refractivity contribution in [1.82, 2.24) is 0 Å². The Morgan fingerprint density at radius 2 is 1.11 bits per heavy atom. The summed E-state index contributed by atoms with van der Waals surface area (Å²) in [5.41, 5.74) is -0.725. The van der Waals surface area contributed by atoms with Crippen LogP contribution in [0.15, 0.2) is 36.4 Å². The summed E-state index contributed by atoms with van der Waals surface area (Å²) in [5.74, 6) is -3.05. The number of carbonyl (C=O) groups is 2. The Labute approximate surface area is 127 Å². The van der Waals surface area contributed by atoms with E-state index < -0.39 is 11.9 Å². The topological polar surface area (TPSA) is 80.3 Å². The zero-order chi connectivity index (χ0) is 11.7. The van der Waals surface area contributed by atoms with Gasteiger partial charge in [-0.1, -0.05) is 24.3 Å². The molecule has 0 aliphatic rings. The van der Waals surface area contributed by atoms with Crippen LogP contribution in [0.3, 0.4) is 0 Å². The molecule has 0 bridgehead atoms. The smallest absolute Gasteiger partial charge is 0.545 e. The second-order valence-corrected chi connectivity index (χ2v) is 3.32. The monoisotopic (exact) mass is 228 g/mol. The van der Waals surface area contributed by atoms with Crippen LogP contribution in [0.5, 0.6) is 0 Å². The standard InChI is InChI=1S/C12H8O4.2Li/c13-11(14)9-5-7-3-1-2-4-8(7)6-10(9)12(15)16;;/h1-6H,(H,13,14)(H,15,16);;/q;2*+1/p-2. The second kappa shape index (κ2) is 6.68. The fourth-order valence-electron chi connectivity index (χ4n) is 1.58. The van der Waals surface area contributed by atoms with E-state index in [1.165, 1.54) is 12.1 Å². The van der Waals surface area contributed by atoms with Gasteiger partial charge in [0.2, 0.25) is 0 Å². The summed E-state index contributed by atoms with van der Waals surface area (Å²) >= 11 is 0. The summed E-state index contributed by atoms with van der Waals surface area (Å²) in [6.07, 6.45) is 0. The van der Waals surface area contributed by atoms with Gasteiger partial charge in [0.1, 0.15) is 0 Å². The molecule has 0 radical (unpaired) electrons. The number of rotatable bonds is 2. The maximum Gasteiger partial charge on any atom is 1.00 e. The molecule has 0 spiro atoms. The number of benzene rings is 2. The largest absolute Gasteiger partial charge is 1.00 e. The van der Waals surface area contributed by atoms with Gasteiger partial charge >= 0.3 is 37.7 Å². The molecular formula is C12H6Li2O4. The molecule has 2 aromatic carbocycles. The molecule has 0 saturated carbocycles. The summed E-state index contributed by atoms with van der Waals surface area (Å²) in [7, 11) is 0. The first kappa shape index (κ1) is 16.8. The molecule has 2 rings (SSSR count). The van der Waals surface area contributed by atoms with E-state index in [4.69, 9.17) is 0 Å². The first-order chi connectivity index (χ1) is 7.59. The second-order valence-electron chi connectivity index (χ2n) is 3.32. The fraction of sp³-hybridized carbons (Fsp3) is 0. The van der Waals surface area contributed by atoms with Crippen molar-refractivity contribution in [2.24, 2.45) is 0 Å². The minimum Gasteiger partial charge on any atom is -0.545 e. The van der Waals surface area contributed by atoms with Crippen LogP contribution in [0.4, 0.5) is 0 Å². The summed E-state index contributed by atoms with van der Waals surface area (Å²) in [6.45, 7) is 0. The number of hydrogen-bond donors (Lipinski definition) is 0. The van der Waals surface area contributed by atoms with Crippen LogP contribution in [-0.4, -0.2) is 11.9 Å². The Morgan fingerprint density at radius 1 is 0.778 bits per heavy atom. The third kappa shape index (κ3) is 3.19. The van der Waals surface area contributed by atoms with Gasteiger partial charge in [0, 0.05) is 11.1 Å². The van der Waals surface area contributed by atoms with Crippen molar-refractivity contribution in [3.05, 3.63) is 47.5 Å². The quantitative estimate of drug-likeness (QED) is 0.479. The van der Waals surface area contributed by atoms with Crippen molar-refractivity contribution in [2.75, 3.05) is 0 Å². The molecule has 0 N–H and O–H groups in total. The molecule has 0 heterocycles. The summed E-state index contributed by atoms with van der Waals surface area (Å²) in [5, 5.41) is 22.8. The van der Waals surface area contributed by atoms with E-state index in [1.54, 1.807) is 24.3 Å². The molecule has 0 aliphatic carbocycles. The number of carbonyl (C=O) groups excluding carboxylic acids is 2. The molecule has 6 heteroatoms. The Morgan fingerprint density at radius 3 is 1.39 bits per heavy atom. The average Bonchev–Trinajstić information content (AvgIpc) is 2.27. The number of hydrogen-bond acceptors (Lipinski definition) is 4. The summed E-state index contributed by atoms with van der Waals surface area (Å²) in [4.78, 5) is 21.5. The molecule has 18 heavy (non-hydrogen) atoms. The van der Waals surface area contributed by atoms with Crippen molar-refractivity contribution in [2.45, 2.75) is 0 Å². The number of aromatic carboxylic acids is 2. The summed E-state index contributed by atoms with van der Waals surface area (Å²) in [6, 6.07) is 9.41. The van der Waals surface area contributed by atoms with Gasteiger partial charge in [-0.05, 0) is 22.9 Å². The van der Waals surface area contributed by atoms with Crippen molar-refractivity contribution in [3.8, 4) is 0 Å². The first-order valence-corrected chi connectivity index (χ1v) is 4.55. The minimum absolute atomic E-state index is 0. The van der Waals surface area contributed by atoms with Crippen LogP contribution in [0.1, 0.15) is 20.7 Å². The van der Waals surface area contributed by atoms with Crippen LogP contribution in [-0.2, 0) is 0 Å². The van der Waals surface area contributed by atoms with E-state index in [0.29, 0.717) is 10.8 Å². The van der Waals surface area contributed by atoms with E-state index in [0.717, 1.165) is 0 Å². The molecule has 4 nitrogen and oxygen atoms in total. The van der Waals surface area contributed by atoms with Gasteiger partial charge in [-0.3, -0.25) is 0 Å². The van der Waals surface area contributed by atoms with Gasteiger partial charge in [0.25, 0.3) is 0 Å². The Hall–Kier alpha value is -1.17. The molecule has 80 valence electrons. The van der Waals surface area contributed by atoms with Gasteiger partial charge in [-0.2, -0.15) is 0 Å². The van der Waals surface area contributed by atoms with E-state index in [-0.39, 0.29) is 48.8 Å². The van der Waals surface area contributed by atoms with Crippen molar-refractivity contribution in [3.63, 3.8) is 0 Å².